The van der Waals surface area contributed by atoms with Gasteiger partial charge >= 0.3 is 0 Å². The number of hydrogen-bond donors (Lipinski definition) is 1. The zero-order chi connectivity index (χ0) is 13.2. The molecule has 19 heavy (non-hydrogen) atoms. The van der Waals surface area contributed by atoms with E-state index < -0.39 is 0 Å². The van der Waals surface area contributed by atoms with E-state index in [0.29, 0.717) is 0 Å². The fourth-order valence-corrected chi connectivity index (χ4v) is 3.22. The third kappa shape index (κ3) is 2.12. The summed E-state index contributed by atoms with van der Waals surface area (Å²) in [6.45, 7) is 2.86. The van der Waals surface area contributed by atoms with Gasteiger partial charge in [-0.15, -0.1) is 11.3 Å². The fraction of sp³-hybridized carbons (Fsp3) is 0.267. The Morgan fingerprint density at radius 1 is 1.26 bits per heavy atom. The van der Waals surface area contributed by atoms with Gasteiger partial charge in [-0.05, 0) is 30.0 Å². The van der Waals surface area contributed by atoms with E-state index in [2.05, 4.69) is 18.3 Å². The smallest absolute Gasteiger partial charge is 0.257 e. The van der Waals surface area contributed by atoms with E-state index >= 15 is 0 Å². The zero-order valence-corrected chi connectivity index (χ0v) is 11.6. The Kier molecular flexibility index (Phi) is 3.25. The molecule has 1 atom stereocenters. The molecule has 1 aromatic carbocycles. The second kappa shape index (κ2) is 5.05. The van der Waals surface area contributed by atoms with Crippen LogP contribution in [0.5, 0.6) is 0 Å². The van der Waals surface area contributed by atoms with Crippen molar-refractivity contribution >= 4 is 22.9 Å². The third-order valence-corrected chi connectivity index (χ3v) is 4.22. The maximum atomic E-state index is 12.6. The number of rotatable bonds is 3. The summed E-state index contributed by atoms with van der Waals surface area (Å²) in [5.41, 5.74) is 1.70. The van der Waals surface area contributed by atoms with Crippen LogP contribution in [0.4, 0.5) is 5.69 Å². The summed E-state index contributed by atoms with van der Waals surface area (Å²) in [5, 5.41) is 5.53. The first-order valence-electron chi connectivity index (χ1n) is 6.51. The Labute approximate surface area is 116 Å². The minimum absolute atomic E-state index is 0.0395. The first-order chi connectivity index (χ1) is 9.31. The quantitative estimate of drug-likeness (QED) is 0.923. The van der Waals surface area contributed by atoms with Crippen molar-refractivity contribution in [3.8, 4) is 0 Å². The van der Waals surface area contributed by atoms with Crippen LogP contribution < -0.4 is 5.32 Å². The largest absolute Gasteiger partial charge is 0.360 e. The van der Waals surface area contributed by atoms with Crippen LogP contribution in [0.25, 0.3) is 0 Å². The molecule has 0 fully saturated rings. The molecule has 0 spiro atoms. The fourth-order valence-electron chi connectivity index (χ4n) is 2.44. The Hall–Kier alpha value is -1.81. The normalized spacial score (nSPS) is 18.1. The predicted octanol–water partition coefficient (Wildman–Crippen LogP) is 3.72. The van der Waals surface area contributed by atoms with Crippen molar-refractivity contribution in [3.63, 3.8) is 0 Å². The molecule has 0 unspecified atom stereocenters. The topological polar surface area (TPSA) is 32.3 Å². The Morgan fingerprint density at radius 2 is 2.11 bits per heavy atom. The van der Waals surface area contributed by atoms with Crippen LogP contribution in [0.2, 0.25) is 0 Å². The van der Waals surface area contributed by atoms with Crippen molar-refractivity contribution in [2.45, 2.75) is 19.5 Å². The van der Waals surface area contributed by atoms with Crippen molar-refractivity contribution in [1.29, 1.82) is 0 Å². The standard InChI is InChI=1S/C15H16N2OS/c1-2-9-17-14(13-8-5-10-19-13)16-12-7-4-3-6-11(12)15(17)18/h3-8,10,14,16H,2,9H2,1H3/t14-/m0/s1. The number of nitrogens with zero attached hydrogens (tertiary/aromatic N) is 1. The molecule has 1 N–H and O–H groups in total. The van der Waals surface area contributed by atoms with E-state index in [-0.39, 0.29) is 12.1 Å². The van der Waals surface area contributed by atoms with Gasteiger partial charge in [-0.2, -0.15) is 0 Å². The minimum Gasteiger partial charge on any atom is -0.360 e. The van der Waals surface area contributed by atoms with Gasteiger partial charge < -0.3 is 10.2 Å². The number of fused-ring (bicyclic) bond motifs is 1. The molecule has 0 bridgehead atoms. The number of carbonyl (C=O) groups excluding carboxylic acids is 1. The van der Waals surface area contributed by atoms with Gasteiger partial charge in [0.25, 0.3) is 5.91 Å². The lowest BCUT2D eigenvalue weighted by atomic mass is 10.1. The molecule has 1 aromatic heterocycles. The lowest BCUT2D eigenvalue weighted by molar-refractivity contribution is 0.0686. The van der Waals surface area contributed by atoms with Crippen molar-refractivity contribution < 1.29 is 4.79 Å². The van der Waals surface area contributed by atoms with Crippen LogP contribution >= 0.6 is 11.3 Å². The summed E-state index contributed by atoms with van der Waals surface area (Å²) in [4.78, 5) is 15.7. The average molecular weight is 272 g/mol. The molecule has 0 radical (unpaired) electrons. The van der Waals surface area contributed by atoms with E-state index in [0.717, 1.165) is 24.2 Å². The van der Waals surface area contributed by atoms with Crippen LogP contribution in [0.3, 0.4) is 0 Å². The maximum Gasteiger partial charge on any atom is 0.257 e. The molecular formula is C15H16N2OS. The molecule has 3 nitrogen and oxygen atoms in total. The highest BCUT2D eigenvalue weighted by molar-refractivity contribution is 7.10. The number of thiophene rings is 1. The van der Waals surface area contributed by atoms with E-state index in [1.165, 1.54) is 4.88 Å². The number of nitrogens with one attached hydrogen (secondary N) is 1. The monoisotopic (exact) mass is 272 g/mol. The van der Waals surface area contributed by atoms with Gasteiger partial charge in [0, 0.05) is 17.1 Å². The highest BCUT2D eigenvalue weighted by atomic mass is 32.1. The molecule has 98 valence electrons. The van der Waals surface area contributed by atoms with Gasteiger partial charge in [0.1, 0.15) is 6.17 Å². The first kappa shape index (κ1) is 12.2. The molecule has 4 heteroatoms. The van der Waals surface area contributed by atoms with E-state index in [1.54, 1.807) is 11.3 Å². The summed E-state index contributed by atoms with van der Waals surface area (Å²) < 4.78 is 0. The van der Waals surface area contributed by atoms with Crippen LogP contribution in [-0.2, 0) is 0 Å². The highest BCUT2D eigenvalue weighted by Crippen LogP contribution is 2.34. The number of hydrogen-bond acceptors (Lipinski definition) is 3. The summed E-state index contributed by atoms with van der Waals surface area (Å²) in [6.07, 6.45) is 0.916. The van der Waals surface area contributed by atoms with Gasteiger partial charge in [0.15, 0.2) is 0 Å². The summed E-state index contributed by atoms with van der Waals surface area (Å²) >= 11 is 1.68. The molecule has 2 aromatic rings. The molecule has 1 aliphatic rings. The van der Waals surface area contributed by atoms with Gasteiger partial charge in [-0.1, -0.05) is 25.1 Å². The van der Waals surface area contributed by atoms with Crippen molar-refractivity contribution in [3.05, 3.63) is 52.2 Å². The number of benzene rings is 1. The van der Waals surface area contributed by atoms with E-state index in [9.17, 15) is 4.79 Å². The average Bonchev–Trinajstić information content (AvgIpc) is 2.96. The van der Waals surface area contributed by atoms with Crippen LogP contribution in [-0.4, -0.2) is 17.4 Å². The van der Waals surface area contributed by atoms with Crippen LogP contribution in [0.15, 0.2) is 41.8 Å². The van der Waals surface area contributed by atoms with Crippen molar-refractivity contribution in [2.75, 3.05) is 11.9 Å². The van der Waals surface area contributed by atoms with Gasteiger partial charge in [-0.25, -0.2) is 0 Å². The number of amides is 1. The lowest BCUT2D eigenvalue weighted by Crippen LogP contribution is -2.42. The Morgan fingerprint density at radius 3 is 2.84 bits per heavy atom. The number of anilines is 1. The minimum atomic E-state index is -0.0395. The molecule has 1 aliphatic heterocycles. The zero-order valence-electron chi connectivity index (χ0n) is 10.8. The molecule has 2 heterocycles. The Bertz CT molecular complexity index is 580. The second-order valence-electron chi connectivity index (χ2n) is 4.61. The maximum absolute atomic E-state index is 12.6. The van der Waals surface area contributed by atoms with E-state index in [4.69, 9.17) is 0 Å². The van der Waals surface area contributed by atoms with Crippen LogP contribution in [0, 0.1) is 0 Å². The molecule has 0 aliphatic carbocycles. The first-order valence-corrected chi connectivity index (χ1v) is 7.39. The second-order valence-corrected chi connectivity index (χ2v) is 5.59. The third-order valence-electron chi connectivity index (χ3n) is 3.30. The molecule has 3 rings (SSSR count). The predicted molar refractivity (Wildman–Crippen MR) is 78.5 cm³/mol. The van der Waals surface area contributed by atoms with Crippen molar-refractivity contribution in [2.24, 2.45) is 0 Å². The summed E-state index contributed by atoms with van der Waals surface area (Å²) in [7, 11) is 0. The van der Waals surface area contributed by atoms with Crippen LogP contribution in [0.1, 0.15) is 34.7 Å². The van der Waals surface area contributed by atoms with Gasteiger partial charge in [0.2, 0.25) is 0 Å². The van der Waals surface area contributed by atoms with Gasteiger partial charge in [-0.3, -0.25) is 4.79 Å². The molecule has 1 amide bonds. The molecule has 0 saturated heterocycles. The number of para-hydroxylation sites is 1. The summed E-state index contributed by atoms with van der Waals surface area (Å²) in [5.74, 6) is 0.120. The molecule has 0 saturated carbocycles. The SMILES string of the molecule is CCCN1C(=O)c2ccccc2N[C@@H]1c1cccs1. The lowest BCUT2D eigenvalue weighted by Gasteiger charge is -2.37. The highest BCUT2D eigenvalue weighted by Gasteiger charge is 2.32. The van der Waals surface area contributed by atoms with E-state index in [1.807, 2.05) is 40.6 Å². The van der Waals surface area contributed by atoms with Crippen molar-refractivity contribution in [1.82, 2.24) is 4.90 Å². The van der Waals surface area contributed by atoms with Gasteiger partial charge in [0.05, 0.1) is 5.56 Å². The Balaban J connectivity index is 2.03. The number of carbonyl (C=O) groups is 1. The molecular weight excluding hydrogens is 256 g/mol. The summed E-state index contributed by atoms with van der Waals surface area (Å²) in [6, 6.07) is 11.8.